The van der Waals surface area contributed by atoms with Crippen LogP contribution in [0.1, 0.15) is 70.0 Å². The SMILES string of the molecule is COc1cc2c(-c3cc(C(=O)NCC#Cc4ccc([C@H](OCc5cn([C@H]6CC(O)[C@@H](COP(=O)(O)OP(=O)(O)OP(=O)(O)O)O6)c(=O)[nH]c5=O)C(C)C)c([N+](=O)[O-])c4)ccc3C(=O)O)c3cc(OC)c(=O)c(Cl)c-3oc2c(Cl)c1[O-]. The van der Waals surface area contributed by atoms with Crippen LogP contribution in [0.25, 0.3) is 33.4 Å². The normalized spacial score (nSPS) is 17.3. The van der Waals surface area contributed by atoms with E-state index in [1.807, 2.05) is 0 Å². The number of nitrogens with one attached hydrogen (secondary N) is 2. The Morgan fingerprint density at radius 2 is 1.66 bits per heavy atom. The molecule has 3 aliphatic rings. The van der Waals surface area contributed by atoms with Gasteiger partial charge in [-0.05, 0) is 59.7 Å². The van der Waals surface area contributed by atoms with Crippen LogP contribution < -0.4 is 36.6 Å². The summed E-state index contributed by atoms with van der Waals surface area (Å²) >= 11 is 12.9. The molecule has 34 heteroatoms. The number of rotatable bonds is 20. The third-order valence-electron chi connectivity index (χ3n) is 11.8. The van der Waals surface area contributed by atoms with Crippen LogP contribution in [-0.2, 0) is 42.9 Å². The summed E-state index contributed by atoms with van der Waals surface area (Å²) < 4.78 is 75.4. The summed E-state index contributed by atoms with van der Waals surface area (Å²) in [4.78, 5) is 116. The number of phosphoric acid groups is 3. The number of aromatic nitrogens is 2. The van der Waals surface area contributed by atoms with E-state index in [9.17, 15) is 72.9 Å². The Morgan fingerprint density at radius 3 is 2.30 bits per heavy atom. The number of carbonyl (C=O) groups is 2. The number of carbonyl (C=O) groups excluding carboxylic acids is 1. The minimum Gasteiger partial charge on any atom is -0.869 e. The second-order valence-corrected chi connectivity index (χ2v) is 22.5. The van der Waals surface area contributed by atoms with Gasteiger partial charge in [0, 0.05) is 46.3 Å². The van der Waals surface area contributed by atoms with Crippen molar-refractivity contribution in [1.29, 1.82) is 0 Å². The summed E-state index contributed by atoms with van der Waals surface area (Å²) in [7, 11) is -14.8. The first-order valence-corrected chi connectivity index (χ1v) is 27.9. The molecule has 0 saturated carbocycles. The van der Waals surface area contributed by atoms with Crippen molar-refractivity contribution in [1.82, 2.24) is 14.9 Å². The highest BCUT2D eigenvalue weighted by Crippen LogP contribution is 2.66. The molecule has 1 aliphatic carbocycles. The number of aromatic carboxylic acids is 1. The maximum atomic E-state index is 13.7. The summed E-state index contributed by atoms with van der Waals surface area (Å²) in [6.07, 6.45) is -4.93. The molecule has 7 rings (SSSR count). The second-order valence-electron chi connectivity index (χ2n) is 17.4. The largest absolute Gasteiger partial charge is 0.869 e. The van der Waals surface area contributed by atoms with Crippen LogP contribution in [0, 0.1) is 27.9 Å². The summed E-state index contributed by atoms with van der Waals surface area (Å²) in [6, 6.07) is 10.0. The minimum absolute atomic E-state index is 0.0134. The number of ether oxygens (including phenoxy) is 4. The number of carboxylic acid groups (broad SMARTS) is 1. The summed E-state index contributed by atoms with van der Waals surface area (Å²) in [5.41, 5.74) is -4.07. The molecular formula is C46H42Cl2N4O25P3-. The van der Waals surface area contributed by atoms with E-state index in [-0.39, 0.29) is 79.3 Å². The molecular weight excluding hydrogens is 1170 g/mol. The minimum atomic E-state index is -5.86. The topological polar surface area (TPSA) is 435 Å². The van der Waals surface area contributed by atoms with E-state index in [2.05, 4.69) is 35.3 Å². The molecule has 0 bridgehead atoms. The average molecular weight is 1210 g/mol. The van der Waals surface area contributed by atoms with Gasteiger partial charge in [-0.25, -0.2) is 23.3 Å². The molecule has 3 unspecified atom stereocenters. The number of aromatic amines is 1. The van der Waals surface area contributed by atoms with Gasteiger partial charge in [0.25, 0.3) is 17.2 Å². The summed E-state index contributed by atoms with van der Waals surface area (Å²) in [5, 5.41) is 48.1. The fraction of sp³-hybridized carbons (Fsp3) is 0.283. The Bertz CT molecular complexity index is 3850. The number of aliphatic hydroxyl groups excluding tert-OH is 1. The number of nitro benzene ring substituents is 1. The van der Waals surface area contributed by atoms with E-state index in [0.29, 0.717) is 0 Å². The lowest BCUT2D eigenvalue weighted by atomic mass is 9.89. The van der Waals surface area contributed by atoms with Gasteiger partial charge >= 0.3 is 35.1 Å². The number of H-pyrrole nitrogens is 1. The number of halogens is 2. The van der Waals surface area contributed by atoms with Crippen molar-refractivity contribution in [2.24, 2.45) is 5.92 Å². The molecule has 6 atom stereocenters. The van der Waals surface area contributed by atoms with Gasteiger partial charge in [-0.1, -0.05) is 48.9 Å². The Hall–Kier alpha value is -6.80. The number of fused-ring (bicyclic) bond motifs is 2. The van der Waals surface area contributed by atoms with Gasteiger partial charge in [0.1, 0.15) is 23.1 Å². The molecule has 80 heavy (non-hydrogen) atoms. The smallest absolute Gasteiger partial charge is 0.490 e. The van der Waals surface area contributed by atoms with Crippen LogP contribution in [0.5, 0.6) is 17.2 Å². The zero-order chi connectivity index (χ0) is 58.9. The highest BCUT2D eigenvalue weighted by atomic mass is 35.5. The predicted molar refractivity (Wildman–Crippen MR) is 274 cm³/mol. The lowest BCUT2D eigenvalue weighted by Crippen LogP contribution is -2.34. The number of aliphatic hydroxyl groups is 1. The number of phosphoric ester groups is 1. The third-order valence-corrected chi connectivity index (χ3v) is 16.2. The van der Waals surface area contributed by atoms with E-state index >= 15 is 0 Å². The molecule has 2 aliphatic heterocycles. The first kappa shape index (κ1) is 60.8. The van der Waals surface area contributed by atoms with E-state index < -0.39 is 129 Å². The molecule has 1 amide bonds. The number of hydrogen-bond donors (Lipinski definition) is 8. The zero-order valence-corrected chi connectivity index (χ0v) is 45.5. The van der Waals surface area contributed by atoms with Gasteiger partial charge in [0.05, 0.1) is 72.8 Å². The number of benzene rings is 4. The molecule has 0 radical (unpaired) electrons. The number of carboxylic acids is 1. The Balaban J connectivity index is 1.08. The zero-order valence-electron chi connectivity index (χ0n) is 41.3. The molecule has 3 aromatic carbocycles. The van der Waals surface area contributed by atoms with Crippen molar-refractivity contribution in [3.05, 3.63) is 134 Å². The second kappa shape index (κ2) is 24.1. The number of methoxy groups -OCH3 is 2. The standard InChI is InChI=1S/C46H43Cl2N4O25P3/c1-20(2)40(72-18-23-17-51(46(60)50-44(23)57)34-16-30(53)33(74-34)19-73-79(66,67)77-80(68,69)76-78(63,64)65)25-9-7-21(12-29(25)52(61)62)6-5-11-49-43(56)22-8-10-24(45(58)59)26(13-22)35-27-14-31(70-3)38(54)36(47)41(27)75-42-28(35)15-32(71-4)39(55)37(42)48/h7-10,12-15,17,20,30,33-34,40,53-54H,11,16,18-19H2,1-4H3,(H,49,56)(H,58,59)(H,66,67)(H,68,69)(H,50,57,60)(H2,63,64,65)/p-1/t30?,33-,34-,40-/m1/s1. The van der Waals surface area contributed by atoms with Crippen LogP contribution in [0.15, 0.2) is 73.5 Å². The van der Waals surface area contributed by atoms with Crippen LogP contribution in [0.3, 0.4) is 0 Å². The molecule has 4 aromatic rings. The Morgan fingerprint density at radius 1 is 0.963 bits per heavy atom. The van der Waals surface area contributed by atoms with E-state index in [4.69, 9.17) is 56.4 Å². The highest BCUT2D eigenvalue weighted by molar-refractivity contribution is 7.66. The Labute approximate surface area is 458 Å². The molecule has 426 valence electrons. The highest BCUT2D eigenvalue weighted by Gasteiger charge is 2.43. The van der Waals surface area contributed by atoms with Crippen molar-refractivity contribution in [3.8, 4) is 51.5 Å². The van der Waals surface area contributed by atoms with E-state index in [1.165, 1.54) is 50.6 Å². The summed E-state index contributed by atoms with van der Waals surface area (Å²) in [5.74, 6) is 1.14. The molecule has 8 N–H and O–H groups in total. The van der Waals surface area contributed by atoms with Crippen molar-refractivity contribution in [2.45, 2.75) is 51.4 Å². The van der Waals surface area contributed by atoms with Crippen LogP contribution >= 0.6 is 46.7 Å². The lowest BCUT2D eigenvalue weighted by Gasteiger charge is -2.22. The first-order chi connectivity index (χ1) is 37.4. The lowest BCUT2D eigenvalue weighted by molar-refractivity contribution is -0.386. The van der Waals surface area contributed by atoms with Crippen molar-refractivity contribution in [2.75, 3.05) is 27.4 Å². The van der Waals surface area contributed by atoms with Crippen molar-refractivity contribution < 1.29 is 99.6 Å². The maximum absolute atomic E-state index is 13.7. The molecule has 3 heterocycles. The van der Waals surface area contributed by atoms with Gasteiger partial charge < -0.3 is 63.6 Å². The molecule has 1 aromatic heterocycles. The first-order valence-electron chi connectivity index (χ1n) is 22.7. The predicted octanol–water partition coefficient (Wildman–Crippen LogP) is 5.11. The maximum Gasteiger partial charge on any atom is 0.490 e. The van der Waals surface area contributed by atoms with Crippen LogP contribution in [-0.4, -0.2) is 95.7 Å². The number of amides is 1. The molecule has 0 spiro atoms. The van der Waals surface area contributed by atoms with Gasteiger partial charge in [0.15, 0.2) is 17.1 Å². The van der Waals surface area contributed by atoms with Gasteiger partial charge in [-0.3, -0.25) is 38.6 Å². The molecule has 1 saturated heterocycles. The monoisotopic (exact) mass is 1210 g/mol. The van der Waals surface area contributed by atoms with Crippen molar-refractivity contribution in [3.63, 3.8) is 0 Å². The Kier molecular flexibility index (Phi) is 18.3. The fourth-order valence-electron chi connectivity index (χ4n) is 8.24. The van der Waals surface area contributed by atoms with Crippen LogP contribution in [0.4, 0.5) is 5.69 Å². The third kappa shape index (κ3) is 13.5. The van der Waals surface area contributed by atoms with Crippen molar-refractivity contribution >= 4 is 75.2 Å². The summed E-state index contributed by atoms with van der Waals surface area (Å²) in [6.45, 7) is 1.37. The molecule has 1 fully saturated rings. The number of nitrogens with zero attached hydrogens (tertiary/aromatic N) is 2. The molecule has 29 nitrogen and oxygen atoms in total. The van der Waals surface area contributed by atoms with E-state index in [1.54, 1.807) is 13.8 Å². The van der Waals surface area contributed by atoms with Gasteiger partial charge in [0.2, 0.25) is 5.43 Å². The van der Waals surface area contributed by atoms with Crippen LogP contribution in [0.2, 0.25) is 10.0 Å². The average Bonchev–Trinajstić information content (AvgIpc) is 3.74. The number of nitro groups is 1. The van der Waals surface area contributed by atoms with Gasteiger partial charge in [-0.2, -0.15) is 8.62 Å². The van der Waals surface area contributed by atoms with E-state index in [0.717, 1.165) is 22.9 Å². The quantitative estimate of drug-likeness (QED) is 0.0162. The fourth-order valence-corrected chi connectivity index (χ4v) is 11.7. The number of hydrogen-bond acceptors (Lipinski definition) is 20. The van der Waals surface area contributed by atoms with Gasteiger partial charge in [-0.15, -0.1) is 0 Å².